The van der Waals surface area contributed by atoms with Crippen molar-refractivity contribution in [1.29, 1.82) is 0 Å². The lowest BCUT2D eigenvalue weighted by molar-refractivity contribution is -0.138. The Balaban J connectivity index is 1.58. The first-order chi connectivity index (χ1) is 12.4. The molecule has 1 aliphatic heterocycles. The Bertz CT molecular complexity index is 791. The Labute approximate surface area is 164 Å². The summed E-state index contributed by atoms with van der Waals surface area (Å²) >= 11 is 13.4. The van der Waals surface area contributed by atoms with Crippen molar-refractivity contribution in [2.75, 3.05) is 5.75 Å². The second-order valence-corrected chi connectivity index (χ2v) is 7.67. The van der Waals surface area contributed by atoms with Crippen molar-refractivity contribution in [3.8, 4) is 17.4 Å². The second-order valence-electron chi connectivity index (χ2n) is 5.65. The van der Waals surface area contributed by atoms with Gasteiger partial charge in [-0.2, -0.15) is 0 Å². The molecule has 0 saturated carbocycles. The molecule has 1 fully saturated rings. The highest BCUT2D eigenvalue weighted by Crippen LogP contribution is 2.30. The van der Waals surface area contributed by atoms with Gasteiger partial charge in [0.1, 0.15) is 28.7 Å². The Hall–Kier alpha value is -1.67. The Morgan fingerprint density at radius 3 is 2.65 bits per heavy atom. The minimum atomic E-state index is -0.844. The van der Waals surface area contributed by atoms with Crippen molar-refractivity contribution in [2.45, 2.75) is 24.4 Å². The molecule has 3 rings (SSSR count). The molecule has 1 aromatic carbocycles. The normalized spacial score (nSPS) is 20.6. The van der Waals surface area contributed by atoms with Gasteiger partial charge in [-0.05, 0) is 37.3 Å². The van der Waals surface area contributed by atoms with Crippen LogP contribution in [0, 0.1) is 0 Å². The van der Waals surface area contributed by atoms with Gasteiger partial charge in [-0.15, -0.1) is 11.8 Å². The van der Waals surface area contributed by atoms with Gasteiger partial charge in [0.05, 0.1) is 10.4 Å². The monoisotopic (exact) mass is 414 g/mol. The summed E-state index contributed by atoms with van der Waals surface area (Å²) in [5.74, 6) is 1.16. The van der Waals surface area contributed by atoms with Crippen LogP contribution in [0.2, 0.25) is 10.0 Å². The van der Waals surface area contributed by atoms with Crippen LogP contribution in [0.4, 0.5) is 0 Å². The van der Waals surface area contributed by atoms with Gasteiger partial charge >= 0.3 is 5.97 Å². The van der Waals surface area contributed by atoms with E-state index in [9.17, 15) is 4.79 Å². The fraction of sp³-hybridized carbons (Fsp3) is 0.294. The third-order valence-electron chi connectivity index (χ3n) is 3.67. The summed E-state index contributed by atoms with van der Waals surface area (Å²) in [6, 6.07) is 8.03. The topological polar surface area (TPSA) is 80.7 Å². The van der Waals surface area contributed by atoms with E-state index in [-0.39, 0.29) is 17.4 Å². The molecule has 26 heavy (non-hydrogen) atoms. The molecule has 0 spiro atoms. The van der Waals surface area contributed by atoms with Crippen LogP contribution >= 0.6 is 35.0 Å². The minimum Gasteiger partial charge on any atom is -0.488 e. The van der Waals surface area contributed by atoms with Gasteiger partial charge in [-0.1, -0.05) is 23.2 Å². The number of aliphatic carboxylic acids is 1. The molecule has 0 bridgehead atoms. The number of hydrogen-bond donors (Lipinski definition) is 2. The summed E-state index contributed by atoms with van der Waals surface area (Å²) in [7, 11) is 0. The molecular weight excluding hydrogens is 399 g/mol. The maximum absolute atomic E-state index is 11.0. The van der Waals surface area contributed by atoms with E-state index < -0.39 is 12.0 Å². The third-order valence-corrected chi connectivity index (χ3v) is 5.55. The molecule has 1 aliphatic rings. The highest BCUT2D eigenvalue weighted by molar-refractivity contribution is 8.00. The molecule has 1 saturated heterocycles. The molecule has 0 radical (unpaired) electrons. The number of nitrogens with one attached hydrogen (secondary N) is 1. The van der Waals surface area contributed by atoms with Crippen molar-refractivity contribution in [3.05, 3.63) is 46.6 Å². The van der Waals surface area contributed by atoms with Crippen LogP contribution in [0.15, 0.2) is 36.5 Å². The van der Waals surface area contributed by atoms with Crippen molar-refractivity contribution in [1.82, 2.24) is 10.3 Å². The number of aromatic nitrogens is 1. The van der Waals surface area contributed by atoms with Crippen LogP contribution in [-0.4, -0.2) is 39.3 Å². The van der Waals surface area contributed by atoms with Crippen molar-refractivity contribution in [3.63, 3.8) is 0 Å². The van der Waals surface area contributed by atoms with Crippen LogP contribution in [0.25, 0.3) is 0 Å². The number of benzene rings is 1. The zero-order valence-electron chi connectivity index (χ0n) is 13.7. The number of nitrogens with zero attached hydrogens (tertiary/aromatic N) is 1. The molecule has 0 amide bonds. The van der Waals surface area contributed by atoms with Crippen LogP contribution < -0.4 is 14.8 Å². The molecule has 3 atom stereocenters. The SMILES string of the molecule is CC(Oc1ccc(Oc2ncc(Cl)cc2Cl)cc1)C1N[C@@H](C(=O)O)CS1. The first-order valence-corrected chi connectivity index (χ1v) is 9.59. The van der Waals surface area contributed by atoms with Gasteiger partial charge in [0.2, 0.25) is 5.88 Å². The standard InChI is InChI=1S/C17H16Cl2N2O4S/c1-9(16-21-14(8-26-16)17(22)23)24-11-2-4-12(5-3-11)25-15-13(19)6-10(18)7-20-15/h2-7,9,14,16,21H,8H2,1H3,(H,22,23)/t9?,14-,16?/m1/s1. The van der Waals surface area contributed by atoms with Crippen LogP contribution in [0.3, 0.4) is 0 Å². The van der Waals surface area contributed by atoms with Crippen molar-refractivity contribution >= 4 is 40.9 Å². The van der Waals surface area contributed by atoms with E-state index in [1.807, 2.05) is 6.92 Å². The zero-order valence-corrected chi connectivity index (χ0v) is 16.0. The smallest absolute Gasteiger partial charge is 0.321 e. The number of halogens is 2. The fourth-order valence-electron chi connectivity index (χ4n) is 2.36. The van der Waals surface area contributed by atoms with Gasteiger partial charge in [-0.3, -0.25) is 10.1 Å². The van der Waals surface area contributed by atoms with E-state index in [1.54, 1.807) is 30.3 Å². The number of thioether (sulfide) groups is 1. The lowest BCUT2D eigenvalue weighted by atomic mass is 10.3. The van der Waals surface area contributed by atoms with Crippen LogP contribution in [0.5, 0.6) is 17.4 Å². The summed E-state index contributed by atoms with van der Waals surface area (Å²) in [5.41, 5.74) is 0. The molecule has 138 valence electrons. The largest absolute Gasteiger partial charge is 0.488 e. The minimum absolute atomic E-state index is 0.0795. The molecular formula is C17H16Cl2N2O4S. The van der Waals surface area contributed by atoms with Gasteiger partial charge in [0.25, 0.3) is 0 Å². The third kappa shape index (κ3) is 4.73. The predicted octanol–water partition coefficient (Wildman–Crippen LogP) is 4.06. The lowest BCUT2D eigenvalue weighted by Gasteiger charge is -2.21. The molecule has 9 heteroatoms. The maximum Gasteiger partial charge on any atom is 0.321 e. The van der Waals surface area contributed by atoms with E-state index in [0.717, 1.165) is 0 Å². The Morgan fingerprint density at radius 2 is 2.04 bits per heavy atom. The quantitative estimate of drug-likeness (QED) is 0.736. The highest BCUT2D eigenvalue weighted by atomic mass is 35.5. The van der Waals surface area contributed by atoms with Crippen LogP contribution in [0.1, 0.15) is 6.92 Å². The van der Waals surface area contributed by atoms with Crippen LogP contribution in [-0.2, 0) is 4.79 Å². The summed E-state index contributed by atoms with van der Waals surface area (Å²) in [4.78, 5) is 15.0. The van der Waals surface area contributed by atoms with E-state index in [2.05, 4.69) is 10.3 Å². The zero-order chi connectivity index (χ0) is 18.7. The van der Waals surface area contributed by atoms with E-state index in [0.29, 0.717) is 27.3 Å². The Kier molecular flexibility index (Phi) is 6.13. The molecule has 2 aromatic rings. The van der Waals surface area contributed by atoms with Gasteiger partial charge < -0.3 is 14.6 Å². The second kappa shape index (κ2) is 8.35. The molecule has 2 heterocycles. The fourth-order valence-corrected chi connectivity index (χ4v) is 4.00. The maximum atomic E-state index is 11.0. The van der Waals surface area contributed by atoms with E-state index in [1.165, 1.54) is 18.0 Å². The number of carboxylic acid groups (broad SMARTS) is 1. The molecule has 6 nitrogen and oxygen atoms in total. The summed E-state index contributed by atoms with van der Waals surface area (Å²) < 4.78 is 11.5. The number of carboxylic acids is 1. The van der Waals surface area contributed by atoms with E-state index in [4.69, 9.17) is 37.8 Å². The number of pyridine rings is 1. The number of ether oxygens (including phenoxy) is 2. The lowest BCUT2D eigenvalue weighted by Crippen LogP contribution is -2.42. The summed E-state index contributed by atoms with van der Waals surface area (Å²) in [5, 5.41) is 12.8. The molecule has 2 unspecified atom stereocenters. The van der Waals surface area contributed by atoms with E-state index >= 15 is 0 Å². The Morgan fingerprint density at radius 1 is 1.35 bits per heavy atom. The number of hydrogen-bond acceptors (Lipinski definition) is 6. The summed E-state index contributed by atoms with van der Waals surface area (Å²) in [6.45, 7) is 1.90. The number of carbonyl (C=O) groups is 1. The first kappa shape index (κ1) is 19.1. The first-order valence-electron chi connectivity index (χ1n) is 7.78. The molecule has 0 aliphatic carbocycles. The summed E-state index contributed by atoms with van der Waals surface area (Å²) in [6.07, 6.45) is 1.27. The average Bonchev–Trinajstić information content (AvgIpc) is 3.09. The highest BCUT2D eigenvalue weighted by Gasteiger charge is 2.33. The number of rotatable bonds is 6. The predicted molar refractivity (Wildman–Crippen MR) is 102 cm³/mol. The van der Waals surface area contributed by atoms with Gasteiger partial charge in [0, 0.05) is 11.9 Å². The van der Waals surface area contributed by atoms with Crippen molar-refractivity contribution < 1.29 is 19.4 Å². The van der Waals surface area contributed by atoms with Crippen molar-refractivity contribution in [2.24, 2.45) is 0 Å². The van der Waals surface area contributed by atoms with Gasteiger partial charge in [0.15, 0.2) is 0 Å². The average molecular weight is 415 g/mol. The molecule has 2 N–H and O–H groups in total. The molecule has 1 aromatic heterocycles. The van der Waals surface area contributed by atoms with Gasteiger partial charge in [-0.25, -0.2) is 4.98 Å².